The van der Waals surface area contributed by atoms with Crippen LogP contribution in [0.4, 0.5) is 10.5 Å². The Morgan fingerprint density at radius 3 is 2.62 bits per heavy atom. The zero-order chi connectivity index (χ0) is 15.3. The molecular formula is C17H27N3O. The molecule has 3 N–H and O–H groups in total. The van der Waals surface area contributed by atoms with Crippen LogP contribution in [0, 0.1) is 6.92 Å². The Kier molecular flexibility index (Phi) is 5.23. The summed E-state index contributed by atoms with van der Waals surface area (Å²) in [7, 11) is 0. The maximum atomic E-state index is 12.7. The van der Waals surface area contributed by atoms with Gasteiger partial charge in [0, 0.05) is 18.8 Å². The van der Waals surface area contributed by atoms with Crippen molar-refractivity contribution in [3.8, 4) is 0 Å². The van der Waals surface area contributed by atoms with Crippen LogP contribution >= 0.6 is 0 Å². The maximum absolute atomic E-state index is 12.7. The van der Waals surface area contributed by atoms with Crippen molar-refractivity contribution >= 4 is 11.7 Å². The van der Waals surface area contributed by atoms with E-state index in [1.165, 1.54) is 6.42 Å². The predicted octanol–water partition coefficient (Wildman–Crippen LogP) is 3.51. The number of likely N-dealkylation sites (N-methyl/N-ethyl adjacent to an activating group) is 1. The van der Waals surface area contributed by atoms with Crippen molar-refractivity contribution in [1.82, 2.24) is 4.90 Å². The summed E-state index contributed by atoms with van der Waals surface area (Å²) in [5, 5.41) is 3.02. The third-order valence-electron chi connectivity index (χ3n) is 4.57. The number of benzene rings is 1. The molecule has 116 valence electrons. The molecule has 1 saturated carbocycles. The van der Waals surface area contributed by atoms with Crippen LogP contribution < -0.4 is 11.1 Å². The first-order chi connectivity index (χ1) is 10.1. The third-order valence-corrected chi connectivity index (χ3v) is 4.57. The highest BCUT2D eigenvalue weighted by Gasteiger charge is 2.38. The number of hydrogen-bond acceptors (Lipinski definition) is 2. The molecule has 21 heavy (non-hydrogen) atoms. The van der Waals surface area contributed by atoms with E-state index in [0.29, 0.717) is 13.1 Å². The van der Waals surface area contributed by atoms with E-state index in [4.69, 9.17) is 5.73 Å². The number of hydrogen-bond donors (Lipinski definition) is 2. The lowest BCUT2D eigenvalue weighted by atomic mass is 9.80. The summed E-state index contributed by atoms with van der Waals surface area (Å²) in [4.78, 5) is 14.6. The van der Waals surface area contributed by atoms with Crippen LogP contribution in [0.3, 0.4) is 0 Å². The van der Waals surface area contributed by atoms with E-state index in [9.17, 15) is 4.79 Å². The van der Waals surface area contributed by atoms with E-state index in [0.717, 1.165) is 36.9 Å². The molecule has 0 atom stereocenters. The number of anilines is 1. The first kappa shape index (κ1) is 15.8. The van der Waals surface area contributed by atoms with Gasteiger partial charge in [-0.05, 0) is 44.4 Å². The van der Waals surface area contributed by atoms with Crippen LogP contribution in [0.25, 0.3) is 0 Å². The largest absolute Gasteiger partial charge is 0.328 e. The topological polar surface area (TPSA) is 58.4 Å². The first-order valence-electron chi connectivity index (χ1n) is 7.96. The van der Waals surface area contributed by atoms with Crippen LogP contribution in [0.5, 0.6) is 0 Å². The number of aryl methyl sites for hydroxylation is 1. The van der Waals surface area contributed by atoms with Crippen LogP contribution in [0.15, 0.2) is 24.3 Å². The summed E-state index contributed by atoms with van der Waals surface area (Å²) in [6.45, 7) is 5.29. The number of nitrogens with zero attached hydrogens (tertiary/aromatic N) is 1. The molecule has 1 aromatic carbocycles. The molecular weight excluding hydrogens is 262 g/mol. The quantitative estimate of drug-likeness (QED) is 0.891. The minimum absolute atomic E-state index is 0.0320. The van der Waals surface area contributed by atoms with Crippen molar-refractivity contribution in [2.24, 2.45) is 5.73 Å². The minimum atomic E-state index is -0.166. The highest BCUT2D eigenvalue weighted by Crippen LogP contribution is 2.33. The van der Waals surface area contributed by atoms with E-state index in [1.54, 1.807) is 0 Å². The lowest BCUT2D eigenvalue weighted by Crippen LogP contribution is -2.58. The summed E-state index contributed by atoms with van der Waals surface area (Å²) >= 11 is 0. The van der Waals surface area contributed by atoms with E-state index < -0.39 is 0 Å². The van der Waals surface area contributed by atoms with E-state index >= 15 is 0 Å². The van der Waals surface area contributed by atoms with Gasteiger partial charge in [-0.1, -0.05) is 31.4 Å². The van der Waals surface area contributed by atoms with Gasteiger partial charge in [-0.25, -0.2) is 4.79 Å². The maximum Gasteiger partial charge on any atom is 0.322 e. The van der Waals surface area contributed by atoms with E-state index in [1.807, 2.05) is 43.0 Å². The molecule has 0 aliphatic heterocycles. The zero-order valence-electron chi connectivity index (χ0n) is 13.2. The molecule has 0 heterocycles. The molecule has 1 aliphatic carbocycles. The van der Waals surface area contributed by atoms with Gasteiger partial charge in [0.25, 0.3) is 0 Å². The molecule has 0 spiro atoms. The Hall–Kier alpha value is -1.55. The Morgan fingerprint density at radius 1 is 1.33 bits per heavy atom. The van der Waals surface area contributed by atoms with Gasteiger partial charge >= 0.3 is 6.03 Å². The van der Waals surface area contributed by atoms with Gasteiger partial charge in [0.05, 0.1) is 5.54 Å². The molecule has 1 fully saturated rings. The normalized spacial score (nSPS) is 17.3. The van der Waals surface area contributed by atoms with Gasteiger partial charge in [-0.3, -0.25) is 0 Å². The molecule has 1 aromatic rings. The van der Waals surface area contributed by atoms with Crippen molar-refractivity contribution in [3.63, 3.8) is 0 Å². The summed E-state index contributed by atoms with van der Waals surface area (Å²) in [5.74, 6) is 0. The fourth-order valence-electron chi connectivity index (χ4n) is 3.40. The Balaban J connectivity index is 2.14. The number of amides is 2. The lowest BCUT2D eigenvalue weighted by molar-refractivity contribution is 0.0954. The number of rotatable bonds is 4. The smallest absolute Gasteiger partial charge is 0.322 e. The molecule has 4 heteroatoms. The molecule has 4 nitrogen and oxygen atoms in total. The Morgan fingerprint density at radius 2 is 2.05 bits per heavy atom. The summed E-state index contributed by atoms with van der Waals surface area (Å²) < 4.78 is 0. The van der Waals surface area contributed by atoms with Crippen LogP contribution in [0.1, 0.15) is 44.6 Å². The second kappa shape index (κ2) is 6.94. The molecule has 1 aliphatic rings. The first-order valence-corrected chi connectivity index (χ1v) is 7.96. The van der Waals surface area contributed by atoms with Gasteiger partial charge < -0.3 is 16.0 Å². The highest BCUT2D eigenvalue weighted by molar-refractivity contribution is 5.90. The summed E-state index contributed by atoms with van der Waals surface area (Å²) in [5.41, 5.74) is 7.87. The second-order valence-electron chi connectivity index (χ2n) is 6.03. The van der Waals surface area contributed by atoms with Crippen LogP contribution in [-0.4, -0.2) is 29.6 Å². The molecule has 2 amide bonds. The van der Waals surface area contributed by atoms with Gasteiger partial charge in [0.15, 0.2) is 0 Å². The molecule has 0 unspecified atom stereocenters. The van der Waals surface area contributed by atoms with E-state index in [2.05, 4.69) is 5.32 Å². The molecule has 0 radical (unpaired) electrons. The van der Waals surface area contributed by atoms with Gasteiger partial charge in [-0.15, -0.1) is 0 Å². The monoisotopic (exact) mass is 289 g/mol. The Bertz CT molecular complexity index is 481. The van der Waals surface area contributed by atoms with Crippen LogP contribution in [0.2, 0.25) is 0 Å². The van der Waals surface area contributed by atoms with Gasteiger partial charge in [-0.2, -0.15) is 0 Å². The van der Waals surface area contributed by atoms with Crippen molar-refractivity contribution in [2.75, 3.05) is 18.4 Å². The number of nitrogens with one attached hydrogen (secondary N) is 1. The zero-order valence-corrected chi connectivity index (χ0v) is 13.2. The lowest BCUT2D eigenvalue weighted by Gasteiger charge is -2.45. The molecule has 2 rings (SSSR count). The van der Waals surface area contributed by atoms with Crippen molar-refractivity contribution in [2.45, 2.75) is 51.5 Å². The van der Waals surface area contributed by atoms with Gasteiger partial charge in [0.2, 0.25) is 0 Å². The number of nitrogens with two attached hydrogens (primary N) is 1. The molecule has 0 bridgehead atoms. The fourth-order valence-corrected chi connectivity index (χ4v) is 3.40. The number of carbonyl (C=O) groups is 1. The average Bonchev–Trinajstić information content (AvgIpc) is 2.49. The van der Waals surface area contributed by atoms with Gasteiger partial charge in [0.1, 0.15) is 0 Å². The standard InChI is InChI=1S/C17H27N3O/c1-3-20(17(13-18)10-5-4-6-11-17)16(21)19-15-9-7-8-14(2)12-15/h7-9,12H,3-6,10-11,13,18H2,1-2H3,(H,19,21). The Labute approximate surface area is 127 Å². The summed E-state index contributed by atoms with van der Waals surface area (Å²) in [6.07, 6.45) is 5.59. The molecule has 0 aromatic heterocycles. The highest BCUT2D eigenvalue weighted by atomic mass is 16.2. The van der Waals surface area contributed by atoms with Crippen molar-refractivity contribution in [1.29, 1.82) is 0 Å². The summed E-state index contributed by atoms with van der Waals surface area (Å²) in [6, 6.07) is 7.86. The SMILES string of the molecule is CCN(C(=O)Nc1cccc(C)c1)C1(CN)CCCCC1. The van der Waals surface area contributed by atoms with Crippen molar-refractivity contribution < 1.29 is 4.79 Å². The number of urea groups is 1. The molecule has 0 saturated heterocycles. The third kappa shape index (κ3) is 3.56. The average molecular weight is 289 g/mol. The predicted molar refractivity (Wildman–Crippen MR) is 87.4 cm³/mol. The van der Waals surface area contributed by atoms with Crippen LogP contribution in [-0.2, 0) is 0 Å². The second-order valence-corrected chi connectivity index (χ2v) is 6.03. The van der Waals surface area contributed by atoms with E-state index in [-0.39, 0.29) is 11.6 Å². The fraction of sp³-hybridized carbons (Fsp3) is 0.588. The number of carbonyl (C=O) groups excluding carboxylic acids is 1. The minimum Gasteiger partial charge on any atom is -0.328 e. The van der Waals surface area contributed by atoms with Crippen molar-refractivity contribution in [3.05, 3.63) is 29.8 Å².